The minimum Gasteiger partial charge on any atom is -0.374 e. The van der Waals surface area contributed by atoms with E-state index in [0.29, 0.717) is 34.7 Å². The number of nitrogens with zero attached hydrogens (tertiary/aromatic N) is 3. The van der Waals surface area contributed by atoms with E-state index in [1.54, 1.807) is 0 Å². The second-order valence-electron chi connectivity index (χ2n) is 4.76. The van der Waals surface area contributed by atoms with Gasteiger partial charge >= 0.3 is 0 Å². The second kappa shape index (κ2) is 6.77. The first-order chi connectivity index (χ1) is 9.08. The number of hydrogen-bond donors (Lipinski definition) is 0. The van der Waals surface area contributed by atoms with Crippen molar-refractivity contribution < 1.29 is 4.74 Å². The molecule has 0 bridgehead atoms. The SMILES string of the molecule is CCOCc1nc(Cl)cc(N2CC(C)SC(C)C2)n1. The lowest BCUT2D eigenvalue weighted by atomic mass is 10.3. The summed E-state index contributed by atoms with van der Waals surface area (Å²) >= 11 is 8.10. The minimum atomic E-state index is 0.414. The molecule has 0 radical (unpaired) electrons. The van der Waals surface area contributed by atoms with Gasteiger partial charge in [-0.25, -0.2) is 9.97 Å². The van der Waals surface area contributed by atoms with Gasteiger partial charge in [-0.1, -0.05) is 25.4 Å². The Morgan fingerprint density at radius 2 is 2.05 bits per heavy atom. The first kappa shape index (κ1) is 14.9. The Hall–Kier alpha value is -0.520. The van der Waals surface area contributed by atoms with Crippen LogP contribution in [0.4, 0.5) is 5.82 Å². The number of hydrogen-bond acceptors (Lipinski definition) is 5. The van der Waals surface area contributed by atoms with Crippen molar-refractivity contribution in [2.24, 2.45) is 0 Å². The molecule has 6 heteroatoms. The Morgan fingerprint density at radius 1 is 1.37 bits per heavy atom. The monoisotopic (exact) mass is 301 g/mol. The number of halogens is 1. The Bertz CT molecular complexity index is 422. The number of thioether (sulfide) groups is 1. The largest absolute Gasteiger partial charge is 0.374 e. The molecule has 1 aromatic heterocycles. The smallest absolute Gasteiger partial charge is 0.158 e. The van der Waals surface area contributed by atoms with Crippen LogP contribution in [-0.4, -0.2) is 40.2 Å². The van der Waals surface area contributed by atoms with Gasteiger partial charge in [0, 0.05) is 36.3 Å². The maximum atomic E-state index is 6.08. The number of ether oxygens (including phenoxy) is 1. The van der Waals surface area contributed by atoms with Gasteiger partial charge in [0.25, 0.3) is 0 Å². The molecule has 0 amide bonds. The summed E-state index contributed by atoms with van der Waals surface area (Å²) in [5.41, 5.74) is 0. The zero-order chi connectivity index (χ0) is 13.8. The summed E-state index contributed by atoms with van der Waals surface area (Å²) in [6.45, 7) is 9.51. The van der Waals surface area contributed by atoms with E-state index in [1.807, 2.05) is 24.8 Å². The van der Waals surface area contributed by atoms with Crippen LogP contribution >= 0.6 is 23.4 Å². The fraction of sp³-hybridized carbons (Fsp3) is 0.692. The first-order valence-corrected chi connectivity index (χ1v) is 7.92. The quantitative estimate of drug-likeness (QED) is 0.799. The lowest BCUT2D eigenvalue weighted by molar-refractivity contribution is 0.128. The number of anilines is 1. The maximum absolute atomic E-state index is 6.08. The molecule has 1 saturated heterocycles. The third kappa shape index (κ3) is 4.23. The average molecular weight is 302 g/mol. The third-order valence-corrected chi connectivity index (χ3v) is 4.33. The van der Waals surface area contributed by atoms with Gasteiger partial charge in [-0.3, -0.25) is 0 Å². The van der Waals surface area contributed by atoms with E-state index in [1.165, 1.54) is 0 Å². The molecule has 106 valence electrons. The van der Waals surface area contributed by atoms with Crippen LogP contribution < -0.4 is 4.90 Å². The molecule has 19 heavy (non-hydrogen) atoms. The predicted octanol–water partition coefficient (Wildman–Crippen LogP) is 3.00. The summed E-state index contributed by atoms with van der Waals surface area (Å²) in [6.07, 6.45) is 0. The van der Waals surface area contributed by atoms with Gasteiger partial charge in [0.1, 0.15) is 17.6 Å². The highest BCUT2D eigenvalue weighted by molar-refractivity contribution is 8.00. The molecule has 0 saturated carbocycles. The predicted molar refractivity (Wildman–Crippen MR) is 81.1 cm³/mol. The van der Waals surface area contributed by atoms with Crippen molar-refractivity contribution in [1.29, 1.82) is 0 Å². The van der Waals surface area contributed by atoms with Crippen molar-refractivity contribution >= 4 is 29.2 Å². The molecule has 2 atom stereocenters. The van der Waals surface area contributed by atoms with Gasteiger partial charge in [-0.2, -0.15) is 11.8 Å². The Balaban J connectivity index is 2.16. The molecular formula is C13H20ClN3OS. The van der Waals surface area contributed by atoms with Gasteiger partial charge in [0.15, 0.2) is 5.82 Å². The summed E-state index contributed by atoms with van der Waals surface area (Å²) in [5.74, 6) is 1.57. The van der Waals surface area contributed by atoms with Crippen molar-refractivity contribution in [3.8, 4) is 0 Å². The standard InChI is InChI=1S/C13H20ClN3OS/c1-4-18-8-12-15-11(14)5-13(16-12)17-6-9(2)19-10(3)7-17/h5,9-10H,4,6-8H2,1-3H3. The molecule has 1 aromatic rings. The summed E-state index contributed by atoms with van der Waals surface area (Å²) in [6, 6.07) is 1.84. The van der Waals surface area contributed by atoms with Crippen LogP contribution in [0.1, 0.15) is 26.6 Å². The fourth-order valence-electron chi connectivity index (χ4n) is 2.24. The van der Waals surface area contributed by atoms with Gasteiger partial charge in [-0.15, -0.1) is 0 Å². The Kier molecular flexibility index (Phi) is 5.30. The summed E-state index contributed by atoms with van der Waals surface area (Å²) < 4.78 is 5.35. The van der Waals surface area contributed by atoms with Crippen molar-refractivity contribution in [2.45, 2.75) is 37.9 Å². The molecule has 4 nitrogen and oxygen atoms in total. The first-order valence-electron chi connectivity index (χ1n) is 6.60. The summed E-state index contributed by atoms with van der Waals surface area (Å²) in [7, 11) is 0. The zero-order valence-electron chi connectivity index (χ0n) is 11.6. The third-order valence-electron chi connectivity index (χ3n) is 2.91. The van der Waals surface area contributed by atoms with Gasteiger partial charge in [0.2, 0.25) is 0 Å². The van der Waals surface area contributed by atoms with E-state index >= 15 is 0 Å². The van der Waals surface area contributed by atoms with E-state index in [-0.39, 0.29) is 0 Å². The zero-order valence-corrected chi connectivity index (χ0v) is 13.2. The average Bonchev–Trinajstić information content (AvgIpc) is 2.34. The van der Waals surface area contributed by atoms with E-state index in [4.69, 9.17) is 16.3 Å². The van der Waals surface area contributed by atoms with Crippen molar-refractivity contribution in [2.75, 3.05) is 24.6 Å². The van der Waals surface area contributed by atoms with Crippen LogP contribution in [-0.2, 0) is 11.3 Å². The molecular weight excluding hydrogens is 282 g/mol. The van der Waals surface area contributed by atoms with E-state index in [0.717, 1.165) is 18.9 Å². The Labute approximate surface area is 123 Å². The lowest BCUT2D eigenvalue weighted by Gasteiger charge is -2.35. The molecule has 0 aromatic carbocycles. The molecule has 2 heterocycles. The van der Waals surface area contributed by atoms with Gasteiger partial charge in [-0.05, 0) is 6.92 Å². The molecule has 1 aliphatic rings. The fourth-order valence-corrected chi connectivity index (χ4v) is 3.76. The van der Waals surface area contributed by atoms with Gasteiger partial charge in [0.05, 0.1) is 0 Å². The van der Waals surface area contributed by atoms with Gasteiger partial charge < -0.3 is 9.64 Å². The summed E-state index contributed by atoms with van der Waals surface area (Å²) in [4.78, 5) is 11.0. The highest BCUT2D eigenvalue weighted by Gasteiger charge is 2.23. The topological polar surface area (TPSA) is 38.2 Å². The molecule has 0 N–H and O–H groups in total. The van der Waals surface area contributed by atoms with Crippen molar-refractivity contribution in [3.05, 3.63) is 17.0 Å². The van der Waals surface area contributed by atoms with Crippen LogP contribution in [0.5, 0.6) is 0 Å². The van der Waals surface area contributed by atoms with E-state index in [9.17, 15) is 0 Å². The highest BCUT2D eigenvalue weighted by atomic mass is 35.5. The normalized spacial score (nSPS) is 23.7. The molecule has 0 aliphatic carbocycles. The Morgan fingerprint density at radius 3 is 2.68 bits per heavy atom. The van der Waals surface area contributed by atoms with E-state index in [2.05, 4.69) is 28.7 Å². The molecule has 1 fully saturated rings. The minimum absolute atomic E-state index is 0.414. The molecule has 2 rings (SSSR count). The molecule has 2 unspecified atom stereocenters. The molecule has 1 aliphatic heterocycles. The van der Waals surface area contributed by atoms with E-state index < -0.39 is 0 Å². The van der Waals surface area contributed by atoms with Crippen LogP contribution in [0.2, 0.25) is 5.15 Å². The second-order valence-corrected chi connectivity index (χ2v) is 7.03. The lowest BCUT2D eigenvalue weighted by Crippen LogP contribution is -2.41. The van der Waals surface area contributed by atoms with Crippen LogP contribution in [0.25, 0.3) is 0 Å². The molecule has 0 spiro atoms. The highest BCUT2D eigenvalue weighted by Crippen LogP contribution is 2.28. The maximum Gasteiger partial charge on any atom is 0.158 e. The van der Waals surface area contributed by atoms with Crippen LogP contribution in [0, 0.1) is 0 Å². The van der Waals surface area contributed by atoms with Crippen LogP contribution in [0.15, 0.2) is 6.07 Å². The van der Waals surface area contributed by atoms with Crippen LogP contribution in [0.3, 0.4) is 0 Å². The summed E-state index contributed by atoms with van der Waals surface area (Å²) in [5, 5.41) is 1.69. The van der Waals surface area contributed by atoms with Crippen molar-refractivity contribution in [1.82, 2.24) is 9.97 Å². The van der Waals surface area contributed by atoms with Crippen molar-refractivity contribution in [3.63, 3.8) is 0 Å². The number of aromatic nitrogens is 2. The number of rotatable bonds is 4.